The molecule has 0 saturated heterocycles. The average molecular weight is 326 g/mol. The Morgan fingerprint density at radius 3 is 2.46 bits per heavy atom. The largest absolute Gasteiger partial charge is 0.423 e. The van der Waals surface area contributed by atoms with Crippen LogP contribution in [0.4, 0.5) is 5.69 Å². The van der Waals surface area contributed by atoms with Crippen molar-refractivity contribution >= 4 is 23.3 Å². The third kappa shape index (κ3) is 4.59. The second-order valence-electron chi connectivity index (χ2n) is 4.79. The molecule has 0 atom stereocenters. The van der Waals surface area contributed by atoms with E-state index in [9.17, 15) is 4.79 Å². The fourth-order valence-corrected chi connectivity index (χ4v) is 1.92. The number of esters is 1. The molecule has 0 heterocycles. The van der Waals surface area contributed by atoms with Crippen molar-refractivity contribution in [3.63, 3.8) is 0 Å². The van der Waals surface area contributed by atoms with Crippen LogP contribution >= 0.6 is 0 Å². The number of rotatable bonds is 6. The molecule has 2 aromatic carbocycles. The van der Waals surface area contributed by atoms with Crippen LogP contribution < -0.4 is 21.7 Å². The summed E-state index contributed by atoms with van der Waals surface area (Å²) in [7, 11) is 1.49. The standard InChI is InChI=1S/C17H18N4O3/c1-11(21-23-2)13-4-3-5-15(10-13)24-16(22)12-6-8-14(9-7-12)20-17(18)19/h3-10,21H,1H2,2H3,(H4,18,19,20). The van der Waals surface area contributed by atoms with Crippen LogP contribution in [0, 0.1) is 0 Å². The number of carbonyl (C=O) groups excluding carboxylic acids is 1. The van der Waals surface area contributed by atoms with Crippen molar-refractivity contribution in [2.24, 2.45) is 16.5 Å². The smallest absolute Gasteiger partial charge is 0.343 e. The summed E-state index contributed by atoms with van der Waals surface area (Å²) in [5, 5.41) is 0. The average Bonchev–Trinajstić information content (AvgIpc) is 2.55. The molecular formula is C17H18N4O3. The molecule has 124 valence electrons. The van der Waals surface area contributed by atoms with Crippen LogP contribution in [0.3, 0.4) is 0 Å². The molecule has 2 rings (SSSR count). The van der Waals surface area contributed by atoms with Gasteiger partial charge < -0.3 is 16.2 Å². The normalized spacial score (nSPS) is 9.88. The van der Waals surface area contributed by atoms with Gasteiger partial charge >= 0.3 is 5.97 Å². The van der Waals surface area contributed by atoms with Crippen LogP contribution in [-0.4, -0.2) is 19.0 Å². The minimum atomic E-state index is -0.492. The third-order valence-corrected chi connectivity index (χ3v) is 2.98. The fraction of sp³-hybridized carbons (Fsp3) is 0.0588. The molecule has 0 aliphatic heterocycles. The van der Waals surface area contributed by atoms with Crippen LogP contribution in [0.25, 0.3) is 5.70 Å². The molecule has 0 radical (unpaired) electrons. The number of carbonyl (C=O) groups is 1. The van der Waals surface area contributed by atoms with Gasteiger partial charge in [-0.2, -0.15) is 0 Å². The molecule has 0 saturated carbocycles. The number of aliphatic imine (C=N–C) groups is 1. The van der Waals surface area contributed by atoms with Gasteiger partial charge in [0.05, 0.1) is 24.1 Å². The van der Waals surface area contributed by atoms with Crippen molar-refractivity contribution in [1.29, 1.82) is 0 Å². The molecule has 0 aromatic heterocycles. The number of hydroxylamine groups is 1. The van der Waals surface area contributed by atoms with Gasteiger partial charge in [-0.15, -0.1) is 0 Å². The number of hydrogen-bond donors (Lipinski definition) is 3. The van der Waals surface area contributed by atoms with Gasteiger partial charge in [0.15, 0.2) is 5.96 Å². The number of nitrogens with zero attached hydrogens (tertiary/aromatic N) is 1. The zero-order valence-corrected chi connectivity index (χ0v) is 13.2. The number of guanidine groups is 1. The topological polar surface area (TPSA) is 112 Å². The maximum absolute atomic E-state index is 12.2. The molecule has 2 aromatic rings. The number of ether oxygens (including phenoxy) is 1. The Hall–Kier alpha value is -3.32. The molecule has 5 N–H and O–H groups in total. The van der Waals surface area contributed by atoms with Crippen molar-refractivity contribution in [1.82, 2.24) is 5.48 Å². The van der Waals surface area contributed by atoms with Crippen LogP contribution in [0.2, 0.25) is 0 Å². The molecule has 24 heavy (non-hydrogen) atoms. The Labute approximate surface area is 139 Å². The van der Waals surface area contributed by atoms with Gasteiger partial charge in [-0.25, -0.2) is 9.79 Å². The van der Waals surface area contributed by atoms with E-state index in [-0.39, 0.29) is 5.96 Å². The van der Waals surface area contributed by atoms with Crippen LogP contribution in [0.5, 0.6) is 5.75 Å². The van der Waals surface area contributed by atoms with Gasteiger partial charge in [0.1, 0.15) is 5.75 Å². The summed E-state index contributed by atoms with van der Waals surface area (Å²) in [6, 6.07) is 13.3. The summed E-state index contributed by atoms with van der Waals surface area (Å²) in [6.45, 7) is 3.82. The molecule has 0 aliphatic carbocycles. The Kier molecular flexibility index (Phi) is 5.54. The number of nitrogens with one attached hydrogen (secondary N) is 1. The summed E-state index contributed by atoms with van der Waals surface area (Å²) in [5.41, 5.74) is 15.5. The molecule has 7 nitrogen and oxygen atoms in total. The first-order valence-electron chi connectivity index (χ1n) is 7.00. The van der Waals surface area contributed by atoms with E-state index < -0.39 is 5.97 Å². The van der Waals surface area contributed by atoms with Gasteiger partial charge in [-0.1, -0.05) is 18.7 Å². The number of hydrogen-bond acceptors (Lipinski definition) is 5. The maximum atomic E-state index is 12.2. The first-order valence-corrected chi connectivity index (χ1v) is 7.00. The van der Waals surface area contributed by atoms with Crippen LogP contribution in [0.15, 0.2) is 60.1 Å². The quantitative estimate of drug-likeness (QED) is 0.246. The Morgan fingerprint density at radius 2 is 1.83 bits per heavy atom. The van der Waals surface area contributed by atoms with Gasteiger partial charge in [0.2, 0.25) is 0 Å². The van der Waals surface area contributed by atoms with E-state index in [0.29, 0.717) is 22.7 Å². The van der Waals surface area contributed by atoms with Crippen molar-refractivity contribution < 1.29 is 14.4 Å². The predicted molar refractivity (Wildman–Crippen MR) is 92.5 cm³/mol. The molecule has 0 bridgehead atoms. The van der Waals surface area contributed by atoms with Crippen molar-refractivity contribution in [2.75, 3.05) is 7.11 Å². The Bertz CT molecular complexity index is 766. The van der Waals surface area contributed by atoms with E-state index in [1.54, 1.807) is 42.5 Å². The zero-order chi connectivity index (χ0) is 17.5. The first kappa shape index (κ1) is 17.0. The van der Waals surface area contributed by atoms with Crippen molar-refractivity contribution in [2.45, 2.75) is 0 Å². The summed E-state index contributed by atoms with van der Waals surface area (Å²) >= 11 is 0. The molecule has 0 spiro atoms. The predicted octanol–water partition coefficient (Wildman–Crippen LogP) is 1.93. The molecule has 7 heteroatoms. The minimum absolute atomic E-state index is 0.0490. The van der Waals surface area contributed by atoms with E-state index in [0.717, 1.165) is 5.56 Å². The molecular weight excluding hydrogens is 308 g/mol. The van der Waals surface area contributed by atoms with E-state index >= 15 is 0 Å². The van der Waals surface area contributed by atoms with Crippen LogP contribution in [-0.2, 0) is 4.84 Å². The van der Waals surface area contributed by atoms with Gasteiger partial charge in [0, 0.05) is 5.56 Å². The lowest BCUT2D eigenvalue weighted by Crippen LogP contribution is -2.21. The Balaban J connectivity index is 2.10. The number of benzene rings is 2. The highest BCUT2D eigenvalue weighted by molar-refractivity contribution is 5.91. The van der Waals surface area contributed by atoms with Crippen molar-refractivity contribution in [3.8, 4) is 5.75 Å². The van der Waals surface area contributed by atoms with Gasteiger partial charge in [0.25, 0.3) is 0 Å². The highest BCUT2D eigenvalue weighted by Gasteiger charge is 2.09. The van der Waals surface area contributed by atoms with E-state index in [1.165, 1.54) is 7.11 Å². The molecule has 0 fully saturated rings. The summed E-state index contributed by atoms with van der Waals surface area (Å²) in [6.07, 6.45) is 0. The van der Waals surface area contributed by atoms with E-state index in [1.807, 2.05) is 6.07 Å². The summed E-state index contributed by atoms with van der Waals surface area (Å²) < 4.78 is 5.36. The first-order chi connectivity index (χ1) is 11.5. The van der Waals surface area contributed by atoms with Gasteiger partial charge in [-0.3, -0.25) is 10.3 Å². The number of nitrogens with two attached hydrogens (primary N) is 2. The highest BCUT2D eigenvalue weighted by atomic mass is 16.6. The van der Waals surface area contributed by atoms with E-state index in [2.05, 4.69) is 17.1 Å². The second kappa shape index (κ2) is 7.80. The molecule has 0 unspecified atom stereocenters. The van der Waals surface area contributed by atoms with Crippen LogP contribution in [0.1, 0.15) is 15.9 Å². The lowest BCUT2D eigenvalue weighted by atomic mass is 10.1. The van der Waals surface area contributed by atoms with Crippen molar-refractivity contribution in [3.05, 3.63) is 66.2 Å². The second-order valence-corrected chi connectivity index (χ2v) is 4.79. The maximum Gasteiger partial charge on any atom is 0.343 e. The minimum Gasteiger partial charge on any atom is -0.423 e. The van der Waals surface area contributed by atoms with E-state index in [4.69, 9.17) is 21.0 Å². The summed E-state index contributed by atoms with van der Waals surface area (Å²) in [5.74, 6) is -0.148. The lowest BCUT2D eigenvalue weighted by Gasteiger charge is -2.09. The lowest BCUT2D eigenvalue weighted by molar-refractivity contribution is 0.0734. The molecule has 0 amide bonds. The fourth-order valence-electron chi connectivity index (χ4n) is 1.92. The zero-order valence-electron chi connectivity index (χ0n) is 13.2. The monoisotopic (exact) mass is 326 g/mol. The Morgan fingerprint density at radius 1 is 1.12 bits per heavy atom. The van der Waals surface area contributed by atoms with Gasteiger partial charge in [-0.05, 0) is 36.4 Å². The highest BCUT2D eigenvalue weighted by Crippen LogP contribution is 2.20. The molecule has 0 aliphatic rings. The summed E-state index contributed by atoms with van der Waals surface area (Å²) in [4.78, 5) is 20.9. The SMILES string of the molecule is C=C(NOC)c1cccc(OC(=O)c2ccc(N=C(N)N)cc2)c1. The third-order valence-electron chi connectivity index (χ3n) is 2.98.